The number of hydrogen-bond acceptors (Lipinski definition) is 2. The first-order chi connectivity index (χ1) is 6.88. The van der Waals surface area contributed by atoms with Crippen molar-refractivity contribution in [3.63, 3.8) is 0 Å². The molecule has 0 amide bonds. The molecule has 0 N–H and O–H groups in total. The third kappa shape index (κ3) is 3.66. The Morgan fingerprint density at radius 2 is 1.60 bits per heavy atom. The van der Waals surface area contributed by atoms with Gasteiger partial charge in [-0.05, 0) is 50.5 Å². The van der Waals surface area contributed by atoms with Crippen LogP contribution in [-0.4, -0.2) is 24.5 Å². The average molecular weight is 229 g/mol. The van der Waals surface area contributed by atoms with Crippen molar-refractivity contribution in [3.8, 4) is 6.07 Å². The number of halogens is 1. The summed E-state index contributed by atoms with van der Waals surface area (Å²) in [5.41, 5.74) is 0. The molecule has 3 fully saturated rings. The van der Waals surface area contributed by atoms with Gasteiger partial charge in [-0.2, -0.15) is 5.26 Å². The topological polar surface area (TPSA) is 27.0 Å². The molecule has 1 saturated carbocycles. The van der Waals surface area contributed by atoms with E-state index in [-0.39, 0.29) is 12.4 Å². The van der Waals surface area contributed by atoms with Gasteiger partial charge in [0, 0.05) is 19.5 Å². The minimum Gasteiger partial charge on any atom is -0.303 e. The van der Waals surface area contributed by atoms with E-state index in [1.807, 2.05) is 0 Å². The van der Waals surface area contributed by atoms with Crippen molar-refractivity contribution in [1.29, 1.82) is 5.26 Å². The van der Waals surface area contributed by atoms with Gasteiger partial charge in [-0.25, -0.2) is 0 Å². The zero-order chi connectivity index (χ0) is 9.80. The van der Waals surface area contributed by atoms with E-state index in [1.165, 1.54) is 38.8 Å². The Hall–Kier alpha value is -0.260. The highest BCUT2D eigenvalue weighted by molar-refractivity contribution is 5.85. The van der Waals surface area contributed by atoms with Gasteiger partial charge in [0.15, 0.2) is 0 Å². The molecule has 2 bridgehead atoms. The van der Waals surface area contributed by atoms with Gasteiger partial charge in [-0.15, -0.1) is 12.4 Å². The fourth-order valence-electron chi connectivity index (χ4n) is 2.97. The Morgan fingerprint density at radius 3 is 2.07 bits per heavy atom. The van der Waals surface area contributed by atoms with Gasteiger partial charge in [0.05, 0.1) is 6.07 Å². The maximum atomic E-state index is 8.50. The van der Waals surface area contributed by atoms with Gasteiger partial charge in [-0.1, -0.05) is 0 Å². The molecule has 2 nitrogen and oxygen atoms in total. The van der Waals surface area contributed by atoms with Crippen LogP contribution in [0.1, 0.15) is 38.5 Å². The molecule has 0 atom stereocenters. The molecule has 2 heterocycles. The average Bonchev–Trinajstić information content (AvgIpc) is 2.50. The summed E-state index contributed by atoms with van der Waals surface area (Å²) < 4.78 is 0. The second-order valence-electron chi connectivity index (χ2n) is 4.91. The second kappa shape index (κ2) is 6.35. The van der Waals surface area contributed by atoms with Crippen LogP contribution in [0.4, 0.5) is 0 Å². The number of unbranched alkanes of at least 4 members (excludes halogenated alkanes) is 1. The molecule has 0 radical (unpaired) electrons. The third-order valence-corrected chi connectivity index (χ3v) is 3.76. The van der Waals surface area contributed by atoms with E-state index in [1.54, 1.807) is 0 Å². The lowest BCUT2D eigenvalue weighted by Gasteiger charge is -2.21. The fourth-order valence-corrected chi connectivity index (χ4v) is 2.97. The van der Waals surface area contributed by atoms with E-state index in [4.69, 9.17) is 5.26 Å². The van der Waals surface area contributed by atoms with Crippen molar-refractivity contribution >= 4 is 12.4 Å². The summed E-state index contributed by atoms with van der Waals surface area (Å²) in [5.74, 6) is 1.94. The number of nitrogens with zero attached hydrogens (tertiary/aromatic N) is 2. The Balaban J connectivity index is 0.00000112. The van der Waals surface area contributed by atoms with Gasteiger partial charge in [0.2, 0.25) is 0 Å². The van der Waals surface area contributed by atoms with Crippen molar-refractivity contribution in [3.05, 3.63) is 0 Å². The van der Waals surface area contributed by atoms with Crippen LogP contribution in [0.2, 0.25) is 0 Å². The monoisotopic (exact) mass is 228 g/mol. The highest BCUT2D eigenvalue weighted by Crippen LogP contribution is 2.33. The lowest BCUT2D eigenvalue weighted by Crippen LogP contribution is -2.29. The van der Waals surface area contributed by atoms with E-state index >= 15 is 0 Å². The molecule has 0 unspecified atom stereocenters. The smallest absolute Gasteiger partial charge is 0.0622 e. The molecule has 0 aromatic heterocycles. The fraction of sp³-hybridized carbons (Fsp3) is 0.917. The van der Waals surface area contributed by atoms with E-state index in [0.717, 1.165) is 31.2 Å². The number of hydrogen-bond donors (Lipinski definition) is 0. The van der Waals surface area contributed by atoms with Crippen molar-refractivity contribution in [1.82, 2.24) is 4.90 Å². The molecule has 3 heteroatoms. The maximum Gasteiger partial charge on any atom is 0.0622 e. The Morgan fingerprint density at radius 1 is 1.07 bits per heavy atom. The predicted octanol–water partition coefficient (Wildman–Crippen LogP) is 2.83. The molecule has 0 aromatic carbocycles. The van der Waals surface area contributed by atoms with Crippen LogP contribution in [0.25, 0.3) is 0 Å². The van der Waals surface area contributed by atoms with Crippen molar-refractivity contribution in [2.75, 3.05) is 19.6 Å². The standard InChI is InChI=1S/C12H20N2.ClH/c13-7-1-2-8-14-9-11-3-4-12(10-14)6-5-11;/h11-12H,1-6,8-10H2;1H. The minimum atomic E-state index is 0. The van der Waals surface area contributed by atoms with Gasteiger partial charge in [0.25, 0.3) is 0 Å². The first-order valence-corrected chi connectivity index (χ1v) is 5.98. The molecule has 15 heavy (non-hydrogen) atoms. The summed E-state index contributed by atoms with van der Waals surface area (Å²) in [7, 11) is 0. The Kier molecular flexibility index (Phi) is 5.42. The molecule has 3 aliphatic rings. The normalized spacial score (nSPS) is 30.3. The van der Waals surface area contributed by atoms with Crippen LogP contribution >= 0.6 is 12.4 Å². The molecule has 0 spiro atoms. The van der Waals surface area contributed by atoms with Crippen LogP contribution in [0, 0.1) is 23.2 Å². The maximum absolute atomic E-state index is 8.50. The summed E-state index contributed by atoms with van der Waals surface area (Å²) in [5, 5.41) is 8.50. The second-order valence-corrected chi connectivity index (χ2v) is 4.91. The van der Waals surface area contributed by atoms with Crippen molar-refractivity contribution in [2.45, 2.75) is 38.5 Å². The summed E-state index contributed by atoms with van der Waals surface area (Å²) in [6.07, 6.45) is 7.62. The number of rotatable bonds is 3. The van der Waals surface area contributed by atoms with Gasteiger partial charge >= 0.3 is 0 Å². The first-order valence-electron chi connectivity index (χ1n) is 5.98. The zero-order valence-corrected chi connectivity index (χ0v) is 10.1. The highest BCUT2D eigenvalue weighted by Gasteiger charge is 2.28. The van der Waals surface area contributed by atoms with Crippen LogP contribution in [0.5, 0.6) is 0 Å². The molecule has 2 aliphatic heterocycles. The quantitative estimate of drug-likeness (QED) is 0.695. The van der Waals surface area contributed by atoms with Crippen LogP contribution in [0.15, 0.2) is 0 Å². The molecular weight excluding hydrogens is 208 g/mol. The molecule has 2 saturated heterocycles. The SMILES string of the molecule is Cl.N#CCCCN1CC2CCC(CC2)C1. The predicted molar refractivity (Wildman–Crippen MR) is 64.0 cm³/mol. The summed E-state index contributed by atoms with van der Waals surface area (Å²) in [6, 6.07) is 2.23. The van der Waals surface area contributed by atoms with Crippen molar-refractivity contribution in [2.24, 2.45) is 11.8 Å². The summed E-state index contributed by atoms with van der Waals surface area (Å²) >= 11 is 0. The lowest BCUT2D eigenvalue weighted by molar-refractivity contribution is 0.250. The van der Waals surface area contributed by atoms with Gasteiger partial charge in [0.1, 0.15) is 0 Å². The van der Waals surface area contributed by atoms with Crippen LogP contribution < -0.4 is 0 Å². The molecule has 3 rings (SSSR count). The molecular formula is C12H21ClN2. The van der Waals surface area contributed by atoms with Crippen molar-refractivity contribution < 1.29 is 0 Å². The van der Waals surface area contributed by atoms with E-state index < -0.39 is 0 Å². The minimum absolute atomic E-state index is 0. The van der Waals surface area contributed by atoms with E-state index in [9.17, 15) is 0 Å². The highest BCUT2D eigenvalue weighted by atomic mass is 35.5. The Bertz CT molecular complexity index is 202. The summed E-state index contributed by atoms with van der Waals surface area (Å²) in [6.45, 7) is 3.77. The summed E-state index contributed by atoms with van der Waals surface area (Å²) in [4.78, 5) is 2.60. The van der Waals surface area contributed by atoms with Crippen LogP contribution in [-0.2, 0) is 0 Å². The van der Waals surface area contributed by atoms with Gasteiger partial charge in [-0.3, -0.25) is 0 Å². The third-order valence-electron chi connectivity index (χ3n) is 3.76. The Labute approximate surface area is 99.0 Å². The van der Waals surface area contributed by atoms with E-state index in [0.29, 0.717) is 0 Å². The first kappa shape index (κ1) is 12.8. The van der Waals surface area contributed by atoms with E-state index in [2.05, 4.69) is 11.0 Å². The number of fused-ring (bicyclic) bond motifs is 4. The zero-order valence-electron chi connectivity index (χ0n) is 9.32. The van der Waals surface area contributed by atoms with Crippen LogP contribution in [0.3, 0.4) is 0 Å². The molecule has 0 aromatic rings. The number of nitriles is 1. The van der Waals surface area contributed by atoms with Gasteiger partial charge < -0.3 is 4.90 Å². The molecule has 86 valence electrons. The largest absolute Gasteiger partial charge is 0.303 e. The lowest BCUT2D eigenvalue weighted by atomic mass is 9.84. The molecule has 1 aliphatic carbocycles.